The standard InChI is InChI=1S/C10H13BO5/c1-2-14-7-8-15-9-3-5-10(6-4-9)16-11(12)13/h3-6H,2,7-8H2,1H3/q-2. The second-order valence-corrected chi connectivity index (χ2v) is 2.92. The van der Waals surface area contributed by atoms with Gasteiger partial charge in [0.05, 0.1) is 12.4 Å². The largest absolute Gasteiger partial charge is 0.860 e. The maximum Gasteiger partial charge on any atom is 0.133 e. The molecule has 5 nitrogen and oxygen atoms in total. The Labute approximate surface area is 94.7 Å². The summed E-state index contributed by atoms with van der Waals surface area (Å²) in [4.78, 5) is 0. The van der Waals surface area contributed by atoms with Gasteiger partial charge in [-0.05, 0) is 31.2 Å². The van der Waals surface area contributed by atoms with Crippen molar-refractivity contribution in [1.29, 1.82) is 0 Å². The fraction of sp³-hybridized carbons (Fsp3) is 0.400. The summed E-state index contributed by atoms with van der Waals surface area (Å²) in [6, 6.07) is 6.28. The van der Waals surface area contributed by atoms with Crippen molar-refractivity contribution < 1.29 is 24.2 Å². The van der Waals surface area contributed by atoms with Gasteiger partial charge in [0.1, 0.15) is 19.7 Å². The van der Waals surface area contributed by atoms with E-state index in [4.69, 9.17) is 9.47 Å². The number of ether oxygens (including phenoxy) is 2. The Kier molecular flexibility index (Phi) is 5.70. The summed E-state index contributed by atoms with van der Waals surface area (Å²) in [5.74, 6) is 0.882. The topological polar surface area (TPSA) is 73.8 Å². The van der Waals surface area contributed by atoms with Gasteiger partial charge in [0.25, 0.3) is 0 Å². The smallest absolute Gasteiger partial charge is 0.133 e. The molecule has 0 aromatic heterocycles. The van der Waals surface area contributed by atoms with Crippen LogP contribution in [0.15, 0.2) is 24.3 Å². The number of hydrogen-bond acceptors (Lipinski definition) is 5. The summed E-state index contributed by atoms with van der Waals surface area (Å²) in [6.07, 6.45) is 0. The van der Waals surface area contributed by atoms with Gasteiger partial charge in [0.15, 0.2) is 0 Å². The molecule has 0 saturated heterocycles. The molecule has 0 aliphatic carbocycles. The highest BCUT2D eigenvalue weighted by atomic mass is 16.6. The Bertz CT molecular complexity index is 288. The molecule has 88 valence electrons. The Morgan fingerprint density at radius 1 is 1.06 bits per heavy atom. The molecule has 1 aromatic rings. The van der Waals surface area contributed by atoms with Crippen LogP contribution in [-0.4, -0.2) is 27.1 Å². The van der Waals surface area contributed by atoms with Crippen molar-refractivity contribution in [3.05, 3.63) is 24.3 Å². The Hall–Kier alpha value is -1.24. The summed E-state index contributed by atoms with van der Waals surface area (Å²) < 4.78 is 14.9. The highest BCUT2D eigenvalue weighted by Gasteiger charge is 1.95. The van der Waals surface area contributed by atoms with Crippen LogP contribution in [-0.2, 0) is 4.74 Å². The van der Waals surface area contributed by atoms with Gasteiger partial charge in [-0.3, -0.25) is 0 Å². The second kappa shape index (κ2) is 7.11. The third-order valence-corrected chi connectivity index (χ3v) is 1.76. The molecule has 0 bridgehead atoms. The fourth-order valence-electron chi connectivity index (χ4n) is 1.09. The van der Waals surface area contributed by atoms with Crippen molar-refractivity contribution >= 4 is 7.32 Å². The molecule has 0 amide bonds. The van der Waals surface area contributed by atoms with Crippen LogP contribution in [0.2, 0.25) is 0 Å². The van der Waals surface area contributed by atoms with Crippen molar-refractivity contribution in [2.45, 2.75) is 6.92 Å². The molecule has 0 radical (unpaired) electrons. The van der Waals surface area contributed by atoms with Crippen molar-refractivity contribution in [1.82, 2.24) is 0 Å². The summed E-state index contributed by atoms with van der Waals surface area (Å²) in [6.45, 7) is 3.55. The number of benzene rings is 1. The van der Waals surface area contributed by atoms with Crippen LogP contribution in [0.5, 0.6) is 11.5 Å². The highest BCUT2D eigenvalue weighted by molar-refractivity contribution is 6.29. The van der Waals surface area contributed by atoms with Gasteiger partial charge in [-0.25, -0.2) is 0 Å². The van der Waals surface area contributed by atoms with Crippen LogP contribution in [0.25, 0.3) is 0 Å². The number of rotatable bonds is 7. The average molecular weight is 224 g/mol. The van der Waals surface area contributed by atoms with E-state index in [1.165, 1.54) is 12.1 Å². The van der Waals surface area contributed by atoms with Gasteiger partial charge in [-0.1, -0.05) is 0 Å². The van der Waals surface area contributed by atoms with E-state index in [1.807, 2.05) is 6.92 Å². The molecule has 16 heavy (non-hydrogen) atoms. The van der Waals surface area contributed by atoms with Crippen LogP contribution >= 0.6 is 0 Å². The third-order valence-electron chi connectivity index (χ3n) is 1.76. The van der Waals surface area contributed by atoms with E-state index in [2.05, 4.69) is 4.65 Å². The molecule has 0 aliphatic rings. The minimum absolute atomic E-state index is 0.243. The molecule has 0 N–H and O–H groups in total. The first-order chi connectivity index (χ1) is 7.72. The van der Waals surface area contributed by atoms with Crippen LogP contribution in [0.3, 0.4) is 0 Å². The molecule has 0 heterocycles. The van der Waals surface area contributed by atoms with E-state index >= 15 is 0 Å². The van der Waals surface area contributed by atoms with Gasteiger partial charge in [-0.15, -0.1) is 0 Å². The van der Waals surface area contributed by atoms with Crippen LogP contribution < -0.4 is 19.4 Å². The minimum atomic E-state index is -2.30. The molecule has 6 heteroatoms. The summed E-state index contributed by atoms with van der Waals surface area (Å²) in [5, 5.41) is 20.4. The Morgan fingerprint density at radius 3 is 2.25 bits per heavy atom. The zero-order valence-corrected chi connectivity index (χ0v) is 9.05. The van der Waals surface area contributed by atoms with Gasteiger partial charge in [0.2, 0.25) is 0 Å². The molecule has 0 unspecified atom stereocenters. The van der Waals surface area contributed by atoms with Crippen molar-refractivity contribution in [2.75, 3.05) is 19.8 Å². The summed E-state index contributed by atoms with van der Waals surface area (Å²) in [5.41, 5.74) is 0. The third kappa shape index (κ3) is 5.02. The average Bonchev–Trinajstić information content (AvgIpc) is 2.26. The molecule has 1 aromatic carbocycles. The molecular weight excluding hydrogens is 211 g/mol. The predicted octanol–water partition coefficient (Wildman–Crippen LogP) is -0.814. The predicted molar refractivity (Wildman–Crippen MR) is 54.8 cm³/mol. The highest BCUT2D eigenvalue weighted by Crippen LogP contribution is 2.17. The van der Waals surface area contributed by atoms with Crippen molar-refractivity contribution in [3.8, 4) is 11.5 Å². The minimum Gasteiger partial charge on any atom is -0.860 e. The molecule has 1 rings (SSSR count). The first kappa shape index (κ1) is 12.8. The summed E-state index contributed by atoms with van der Waals surface area (Å²) >= 11 is 0. The normalized spacial score (nSPS) is 9.94. The van der Waals surface area contributed by atoms with E-state index in [9.17, 15) is 10.0 Å². The lowest BCUT2D eigenvalue weighted by Crippen LogP contribution is -2.50. The van der Waals surface area contributed by atoms with E-state index in [-0.39, 0.29) is 5.75 Å². The molecule has 0 spiro atoms. The first-order valence-corrected chi connectivity index (χ1v) is 5.01. The molecular formula is C10H13BO5-2. The lowest BCUT2D eigenvalue weighted by atomic mass is 10.2. The zero-order valence-electron chi connectivity index (χ0n) is 9.05. The monoisotopic (exact) mass is 224 g/mol. The van der Waals surface area contributed by atoms with Crippen LogP contribution in [0.4, 0.5) is 0 Å². The molecule has 0 aliphatic heterocycles. The first-order valence-electron chi connectivity index (χ1n) is 5.01. The lowest BCUT2D eigenvalue weighted by Gasteiger charge is -2.26. The Morgan fingerprint density at radius 2 is 1.69 bits per heavy atom. The van der Waals surface area contributed by atoms with Gasteiger partial charge in [-0.2, -0.15) is 0 Å². The quantitative estimate of drug-likeness (QED) is 0.447. The molecule has 0 saturated carbocycles. The Balaban J connectivity index is 2.33. The molecule has 0 fully saturated rings. The number of hydrogen-bond donors (Lipinski definition) is 0. The SMILES string of the molecule is CCOCCOc1ccc(OB([O-])[O-])cc1. The van der Waals surface area contributed by atoms with E-state index in [0.29, 0.717) is 25.6 Å². The maximum absolute atomic E-state index is 10.2. The summed E-state index contributed by atoms with van der Waals surface area (Å²) in [7, 11) is -2.30. The van der Waals surface area contributed by atoms with Crippen LogP contribution in [0, 0.1) is 0 Å². The van der Waals surface area contributed by atoms with E-state index in [0.717, 1.165) is 0 Å². The second-order valence-electron chi connectivity index (χ2n) is 2.92. The van der Waals surface area contributed by atoms with Gasteiger partial charge < -0.3 is 24.2 Å². The van der Waals surface area contributed by atoms with Gasteiger partial charge in [0, 0.05) is 6.61 Å². The van der Waals surface area contributed by atoms with Crippen molar-refractivity contribution in [3.63, 3.8) is 0 Å². The van der Waals surface area contributed by atoms with E-state index < -0.39 is 7.32 Å². The van der Waals surface area contributed by atoms with Crippen LogP contribution in [0.1, 0.15) is 6.92 Å². The molecule has 0 atom stereocenters. The zero-order chi connectivity index (χ0) is 11.8. The maximum atomic E-state index is 10.2. The fourth-order valence-corrected chi connectivity index (χ4v) is 1.09. The lowest BCUT2D eigenvalue weighted by molar-refractivity contribution is -0.372. The van der Waals surface area contributed by atoms with E-state index in [1.54, 1.807) is 12.1 Å². The van der Waals surface area contributed by atoms with Crippen molar-refractivity contribution in [2.24, 2.45) is 0 Å². The van der Waals surface area contributed by atoms with Gasteiger partial charge >= 0.3 is 0 Å².